The Morgan fingerprint density at radius 1 is 1.10 bits per heavy atom. The predicted molar refractivity (Wildman–Crippen MR) is 78.0 cm³/mol. The summed E-state index contributed by atoms with van der Waals surface area (Å²) in [6.45, 7) is 3.97. The van der Waals surface area contributed by atoms with Crippen LogP contribution in [0.3, 0.4) is 0 Å². The summed E-state index contributed by atoms with van der Waals surface area (Å²) in [5.41, 5.74) is 4.39. The first-order valence-electron chi connectivity index (χ1n) is 6.59. The fraction of sp³-hybridized carbons (Fsp3) is 0.176. The number of oxazole rings is 1. The van der Waals surface area contributed by atoms with Crippen molar-refractivity contribution in [2.75, 3.05) is 0 Å². The molecular weight excluding hydrogens is 250 g/mol. The molecule has 0 saturated heterocycles. The van der Waals surface area contributed by atoms with Crippen molar-refractivity contribution in [3.05, 3.63) is 65.0 Å². The molecule has 0 unspecified atom stereocenters. The van der Waals surface area contributed by atoms with Gasteiger partial charge in [0, 0.05) is 5.56 Å². The topological polar surface area (TPSA) is 43.1 Å². The monoisotopic (exact) mass is 265 g/mol. The van der Waals surface area contributed by atoms with Crippen LogP contribution in [0.4, 0.5) is 0 Å². The van der Waals surface area contributed by atoms with E-state index in [4.69, 9.17) is 4.42 Å². The lowest BCUT2D eigenvalue weighted by atomic mass is 9.99. The first kappa shape index (κ1) is 12.6. The second-order valence-electron chi connectivity index (χ2n) is 4.92. The Balaban J connectivity index is 1.90. The lowest BCUT2D eigenvalue weighted by Gasteiger charge is -2.06. The predicted octanol–water partition coefficient (Wildman–Crippen LogP) is 3.87. The molecule has 0 fully saturated rings. The highest BCUT2D eigenvalue weighted by Gasteiger charge is 2.14. The van der Waals surface area contributed by atoms with E-state index >= 15 is 0 Å². The van der Waals surface area contributed by atoms with Gasteiger partial charge in [0.1, 0.15) is 5.52 Å². The van der Waals surface area contributed by atoms with Crippen LogP contribution >= 0.6 is 0 Å². The number of nitrogens with zero attached hydrogens (tertiary/aromatic N) is 1. The minimum Gasteiger partial charge on any atom is -0.440 e. The van der Waals surface area contributed by atoms with Crippen LogP contribution in [0.25, 0.3) is 11.1 Å². The van der Waals surface area contributed by atoms with Gasteiger partial charge in [-0.3, -0.25) is 4.79 Å². The maximum Gasteiger partial charge on any atom is 0.203 e. The Morgan fingerprint density at radius 2 is 1.90 bits per heavy atom. The van der Waals surface area contributed by atoms with Gasteiger partial charge >= 0.3 is 0 Å². The van der Waals surface area contributed by atoms with Crippen molar-refractivity contribution in [3.63, 3.8) is 0 Å². The number of benzene rings is 2. The Bertz CT molecular complexity index is 754. The van der Waals surface area contributed by atoms with E-state index in [2.05, 4.69) is 4.98 Å². The smallest absolute Gasteiger partial charge is 0.203 e. The molecule has 3 heteroatoms. The average molecular weight is 265 g/mol. The van der Waals surface area contributed by atoms with Crippen LogP contribution in [-0.2, 0) is 6.42 Å². The summed E-state index contributed by atoms with van der Waals surface area (Å²) in [5.74, 6) is 0.509. The standard InChI is InChI=1S/C17H15NO2/c1-11-6-5-7-13(12(11)2)15(19)10-17-18-14-8-3-4-9-16(14)20-17/h3-9H,10H2,1-2H3. The number of rotatable bonds is 3. The number of Topliss-reactive ketones (excluding diaryl/α,β-unsaturated/α-hetero) is 1. The minimum absolute atomic E-state index is 0.0396. The van der Waals surface area contributed by atoms with E-state index in [9.17, 15) is 4.79 Å². The number of aryl methyl sites for hydroxylation is 1. The van der Waals surface area contributed by atoms with Gasteiger partial charge in [0.2, 0.25) is 5.89 Å². The summed E-state index contributed by atoms with van der Waals surface area (Å²) in [5, 5.41) is 0. The fourth-order valence-corrected chi connectivity index (χ4v) is 2.28. The second kappa shape index (κ2) is 4.93. The lowest BCUT2D eigenvalue weighted by molar-refractivity contribution is 0.0985. The Morgan fingerprint density at radius 3 is 2.70 bits per heavy atom. The van der Waals surface area contributed by atoms with Crippen molar-refractivity contribution in [1.82, 2.24) is 4.98 Å². The highest BCUT2D eigenvalue weighted by atomic mass is 16.3. The molecular formula is C17H15NO2. The first-order chi connectivity index (χ1) is 9.65. The Kier molecular flexibility index (Phi) is 3.11. The van der Waals surface area contributed by atoms with Crippen molar-refractivity contribution in [2.24, 2.45) is 0 Å². The number of fused-ring (bicyclic) bond motifs is 1. The molecule has 1 aromatic heterocycles. The zero-order valence-electron chi connectivity index (χ0n) is 11.5. The summed E-state index contributed by atoms with van der Waals surface area (Å²) in [4.78, 5) is 16.7. The maximum atomic E-state index is 12.4. The quantitative estimate of drug-likeness (QED) is 0.675. The molecule has 0 bridgehead atoms. The van der Waals surface area contributed by atoms with Crippen LogP contribution in [0.5, 0.6) is 0 Å². The lowest BCUT2D eigenvalue weighted by Crippen LogP contribution is -2.06. The molecule has 3 aromatic rings. The summed E-state index contributed by atoms with van der Waals surface area (Å²) >= 11 is 0. The van der Waals surface area contributed by atoms with Crippen LogP contribution in [0, 0.1) is 13.8 Å². The van der Waals surface area contributed by atoms with E-state index in [0.717, 1.165) is 27.8 Å². The Labute approximate surface area is 117 Å². The van der Waals surface area contributed by atoms with E-state index in [1.165, 1.54) is 0 Å². The number of ketones is 1. The molecule has 0 spiro atoms. The van der Waals surface area contributed by atoms with Crippen molar-refractivity contribution in [2.45, 2.75) is 20.3 Å². The number of hydrogen-bond donors (Lipinski definition) is 0. The molecule has 0 amide bonds. The van der Waals surface area contributed by atoms with Crippen LogP contribution < -0.4 is 0 Å². The van der Waals surface area contributed by atoms with Crippen LogP contribution in [0.1, 0.15) is 27.4 Å². The van der Waals surface area contributed by atoms with Gasteiger partial charge in [0.05, 0.1) is 6.42 Å². The molecule has 2 aromatic carbocycles. The number of aromatic nitrogens is 1. The second-order valence-corrected chi connectivity index (χ2v) is 4.92. The summed E-state index contributed by atoms with van der Waals surface area (Å²) in [6, 6.07) is 13.3. The molecule has 0 atom stereocenters. The van der Waals surface area contributed by atoms with Crippen LogP contribution in [0.2, 0.25) is 0 Å². The normalized spacial score (nSPS) is 10.9. The Hall–Kier alpha value is -2.42. The molecule has 1 heterocycles. The van der Waals surface area contributed by atoms with E-state index in [1.54, 1.807) is 0 Å². The van der Waals surface area contributed by atoms with Gasteiger partial charge in [-0.1, -0.05) is 30.3 Å². The summed E-state index contributed by atoms with van der Waals surface area (Å²) in [6.07, 6.45) is 0.193. The van der Waals surface area contributed by atoms with E-state index < -0.39 is 0 Å². The van der Waals surface area contributed by atoms with Gasteiger partial charge in [-0.2, -0.15) is 0 Å². The molecule has 0 aliphatic carbocycles. The van der Waals surface area contributed by atoms with Gasteiger partial charge in [-0.25, -0.2) is 4.98 Å². The number of hydrogen-bond acceptors (Lipinski definition) is 3. The average Bonchev–Trinajstić information content (AvgIpc) is 2.83. The minimum atomic E-state index is 0.0396. The molecule has 0 saturated carbocycles. The number of carbonyl (C=O) groups excluding carboxylic acids is 1. The molecule has 0 aliphatic heterocycles. The van der Waals surface area contributed by atoms with E-state index in [-0.39, 0.29) is 12.2 Å². The third-order valence-electron chi connectivity index (χ3n) is 3.55. The molecule has 20 heavy (non-hydrogen) atoms. The summed E-state index contributed by atoms with van der Waals surface area (Å²) in [7, 11) is 0. The third-order valence-corrected chi connectivity index (χ3v) is 3.55. The van der Waals surface area contributed by atoms with Gasteiger partial charge in [0.25, 0.3) is 0 Å². The van der Waals surface area contributed by atoms with Crippen molar-refractivity contribution >= 4 is 16.9 Å². The van der Waals surface area contributed by atoms with Gasteiger partial charge in [-0.15, -0.1) is 0 Å². The van der Waals surface area contributed by atoms with Crippen LogP contribution in [-0.4, -0.2) is 10.8 Å². The van der Waals surface area contributed by atoms with Crippen molar-refractivity contribution in [1.29, 1.82) is 0 Å². The van der Waals surface area contributed by atoms with Crippen molar-refractivity contribution in [3.8, 4) is 0 Å². The van der Waals surface area contributed by atoms with Crippen molar-refractivity contribution < 1.29 is 9.21 Å². The summed E-state index contributed by atoms with van der Waals surface area (Å²) < 4.78 is 5.60. The highest BCUT2D eigenvalue weighted by Crippen LogP contribution is 2.18. The van der Waals surface area contributed by atoms with Gasteiger partial charge < -0.3 is 4.42 Å². The van der Waals surface area contributed by atoms with Crippen LogP contribution in [0.15, 0.2) is 46.9 Å². The van der Waals surface area contributed by atoms with E-state index in [0.29, 0.717) is 5.89 Å². The zero-order chi connectivity index (χ0) is 14.1. The molecule has 0 N–H and O–H groups in total. The molecule has 0 radical (unpaired) electrons. The molecule has 3 nitrogen and oxygen atoms in total. The molecule has 100 valence electrons. The van der Waals surface area contributed by atoms with Gasteiger partial charge in [0.15, 0.2) is 11.4 Å². The third kappa shape index (κ3) is 2.23. The number of para-hydroxylation sites is 2. The molecule has 0 aliphatic rings. The highest BCUT2D eigenvalue weighted by molar-refractivity contribution is 5.98. The SMILES string of the molecule is Cc1cccc(C(=O)Cc2nc3ccccc3o2)c1C. The number of carbonyl (C=O) groups is 1. The maximum absolute atomic E-state index is 12.4. The van der Waals surface area contributed by atoms with Gasteiger partial charge in [-0.05, 0) is 37.1 Å². The fourth-order valence-electron chi connectivity index (χ4n) is 2.28. The first-order valence-corrected chi connectivity index (χ1v) is 6.59. The van der Waals surface area contributed by atoms with E-state index in [1.807, 2.05) is 56.3 Å². The molecule has 3 rings (SSSR count). The zero-order valence-corrected chi connectivity index (χ0v) is 11.5. The largest absolute Gasteiger partial charge is 0.440 e.